The molecule has 0 aliphatic carbocycles. The Bertz CT molecular complexity index is 3480. The smallest absolute Gasteiger partial charge is 0.0640 e. The first-order valence-corrected chi connectivity index (χ1v) is 19.9. The van der Waals surface area contributed by atoms with Crippen molar-refractivity contribution in [3.05, 3.63) is 200 Å². The van der Waals surface area contributed by atoms with Crippen LogP contribution < -0.4 is 4.90 Å². The molecule has 0 bridgehead atoms. The maximum atomic E-state index is 2.45. The molecule has 0 radical (unpaired) electrons. The summed E-state index contributed by atoms with van der Waals surface area (Å²) in [5.41, 5.74) is 10.5. The zero-order chi connectivity index (χ0) is 36.7. The lowest BCUT2D eigenvalue weighted by Crippen LogP contribution is -2.10. The number of nitrogens with zero attached hydrogens (tertiary/aromatic N) is 3. The fraction of sp³-hybridized carbons (Fsp3) is 0. The fourth-order valence-corrected chi connectivity index (χ4v) is 10.2. The highest BCUT2D eigenvalue weighted by Gasteiger charge is 2.21. The quantitative estimate of drug-likeness (QED) is 0.172. The minimum atomic E-state index is 1.10. The summed E-state index contributed by atoms with van der Waals surface area (Å²) in [7, 11) is 0. The SMILES string of the molecule is c1ccc(-n2c3ccccc3c3ccc(N(c4ccc(-n5c6ccccc6c6cc7ccccc7cc65)cc4)c4cccc5c4sc4ccccc45)cc32)cc1. The normalized spacial score (nSPS) is 11.9. The molecule has 3 aromatic heterocycles. The van der Waals surface area contributed by atoms with Crippen LogP contribution in [0.2, 0.25) is 0 Å². The summed E-state index contributed by atoms with van der Waals surface area (Å²) in [6.45, 7) is 0. The van der Waals surface area contributed by atoms with Crippen molar-refractivity contribution in [2.75, 3.05) is 4.90 Å². The molecule has 9 aromatic carbocycles. The summed E-state index contributed by atoms with van der Waals surface area (Å²) in [4.78, 5) is 2.45. The van der Waals surface area contributed by atoms with Gasteiger partial charge in [0.25, 0.3) is 0 Å². The number of thiophene rings is 1. The van der Waals surface area contributed by atoms with Gasteiger partial charge in [-0.05, 0) is 95.7 Å². The van der Waals surface area contributed by atoms with Crippen molar-refractivity contribution in [2.24, 2.45) is 0 Å². The number of fused-ring (bicyclic) bond motifs is 10. The van der Waals surface area contributed by atoms with Crippen LogP contribution in [0.5, 0.6) is 0 Å². The van der Waals surface area contributed by atoms with Gasteiger partial charge in [0, 0.05) is 59.8 Å². The molecule has 0 amide bonds. The number of hydrogen-bond acceptors (Lipinski definition) is 2. The van der Waals surface area contributed by atoms with Gasteiger partial charge in [0.1, 0.15) is 0 Å². The molecule has 0 unspecified atom stereocenters. The minimum Gasteiger partial charge on any atom is -0.309 e. The van der Waals surface area contributed by atoms with Crippen molar-refractivity contribution >= 4 is 103 Å². The van der Waals surface area contributed by atoms with E-state index in [1.807, 2.05) is 11.3 Å². The highest BCUT2D eigenvalue weighted by atomic mass is 32.1. The second-order valence-corrected chi connectivity index (χ2v) is 15.6. The Labute approximate surface area is 327 Å². The highest BCUT2D eigenvalue weighted by Crippen LogP contribution is 2.46. The van der Waals surface area contributed by atoms with Gasteiger partial charge in [-0.15, -0.1) is 11.3 Å². The van der Waals surface area contributed by atoms with E-state index < -0.39 is 0 Å². The van der Waals surface area contributed by atoms with Crippen LogP contribution in [0.4, 0.5) is 17.1 Å². The van der Waals surface area contributed by atoms with Gasteiger partial charge in [-0.25, -0.2) is 0 Å². The predicted octanol–water partition coefficient (Wildman–Crippen LogP) is 14.9. The van der Waals surface area contributed by atoms with E-state index in [9.17, 15) is 0 Å². The molecule has 3 nitrogen and oxygen atoms in total. The molecule has 56 heavy (non-hydrogen) atoms. The van der Waals surface area contributed by atoms with Gasteiger partial charge in [0.2, 0.25) is 0 Å². The van der Waals surface area contributed by atoms with Crippen LogP contribution in [0.25, 0.3) is 85.9 Å². The monoisotopic (exact) mass is 731 g/mol. The molecule has 3 heterocycles. The first-order valence-electron chi connectivity index (χ1n) is 19.1. The van der Waals surface area contributed by atoms with E-state index in [0.717, 1.165) is 22.7 Å². The van der Waals surface area contributed by atoms with E-state index >= 15 is 0 Å². The summed E-state index contributed by atoms with van der Waals surface area (Å²) < 4.78 is 7.39. The Morgan fingerprint density at radius 3 is 1.66 bits per heavy atom. The van der Waals surface area contributed by atoms with Gasteiger partial charge >= 0.3 is 0 Å². The summed E-state index contributed by atoms with van der Waals surface area (Å²) in [6.07, 6.45) is 0. The van der Waals surface area contributed by atoms with Crippen LogP contribution in [0, 0.1) is 0 Å². The number of para-hydroxylation sites is 3. The maximum Gasteiger partial charge on any atom is 0.0640 e. The number of hydrogen-bond donors (Lipinski definition) is 0. The highest BCUT2D eigenvalue weighted by molar-refractivity contribution is 7.26. The third kappa shape index (κ3) is 4.63. The molecule has 0 aliphatic rings. The van der Waals surface area contributed by atoms with Crippen LogP contribution in [0.15, 0.2) is 200 Å². The number of rotatable bonds is 5. The Balaban J connectivity index is 1.10. The standard InChI is InChI=1S/C52H33N3S/c1-2-15-36(16-3-1)54-46-21-9-6-17-40(46)42-30-29-39(33-50(42)54)53(48-23-12-20-44-43-19-8-11-24-51(43)56-52(44)48)37-25-27-38(28-26-37)55-47-22-10-7-18-41(47)45-31-34-13-4-5-14-35(34)32-49(45)55/h1-33H. The zero-order valence-electron chi connectivity index (χ0n) is 30.3. The minimum absolute atomic E-state index is 1.10. The average Bonchev–Trinajstić information content (AvgIpc) is 3.91. The molecule has 0 N–H and O–H groups in total. The van der Waals surface area contributed by atoms with E-state index in [4.69, 9.17) is 0 Å². The van der Waals surface area contributed by atoms with Crippen molar-refractivity contribution in [3.63, 3.8) is 0 Å². The third-order valence-electron chi connectivity index (χ3n) is 11.5. The lowest BCUT2D eigenvalue weighted by atomic mass is 10.1. The summed E-state index contributed by atoms with van der Waals surface area (Å²) >= 11 is 1.87. The maximum absolute atomic E-state index is 2.45. The van der Waals surface area contributed by atoms with Crippen LogP contribution in [0.3, 0.4) is 0 Å². The molecule has 12 aromatic rings. The van der Waals surface area contributed by atoms with Gasteiger partial charge in [-0.1, -0.05) is 115 Å². The fourth-order valence-electron chi connectivity index (χ4n) is 8.97. The van der Waals surface area contributed by atoms with Gasteiger partial charge in [-0.2, -0.15) is 0 Å². The third-order valence-corrected chi connectivity index (χ3v) is 12.7. The first-order chi connectivity index (χ1) is 27.8. The lowest BCUT2D eigenvalue weighted by molar-refractivity contribution is 1.17. The molecule has 262 valence electrons. The molecule has 0 saturated heterocycles. The Kier molecular flexibility index (Phi) is 6.80. The largest absolute Gasteiger partial charge is 0.309 e. The van der Waals surface area contributed by atoms with Crippen molar-refractivity contribution in [1.82, 2.24) is 9.13 Å². The summed E-state index contributed by atoms with van der Waals surface area (Å²) in [5.74, 6) is 0. The van der Waals surface area contributed by atoms with Gasteiger partial charge in [-0.3, -0.25) is 0 Å². The molecule has 4 heteroatoms. The zero-order valence-corrected chi connectivity index (χ0v) is 31.1. The van der Waals surface area contributed by atoms with Crippen molar-refractivity contribution in [1.29, 1.82) is 0 Å². The first kappa shape index (κ1) is 31.2. The summed E-state index contributed by atoms with van der Waals surface area (Å²) in [6, 6.07) is 73.2. The van der Waals surface area contributed by atoms with E-state index in [1.54, 1.807) is 0 Å². The molecule has 12 rings (SSSR count). The predicted molar refractivity (Wildman–Crippen MR) is 240 cm³/mol. The molecular formula is C52H33N3S. The van der Waals surface area contributed by atoms with Crippen molar-refractivity contribution in [2.45, 2.75) is 0 Å². The Morgan fingerprint density at radius 1 is 0.339 bits per heavy atom. The second kappa shape index (κ2) is 12.2. The lowest BCUT2D eigenvalue weighted by Gasteiger charge is -2.27. The second-order valence-electron chi connectivity index (χ2n) is 14.6. The Hall–Kier alpha value is -7.14. The van der Waals surface area contributed by atoms with E-state index in [1.165, 1.54) is 80.2 Å². The molecule has 0 spiro atoms. The average molecular weight is 732 g/mol. The van der Waals surface area contributed by atoms with Crippen LogP contribution >= 0.6 is 11.3 Å². The Morgan fingerprint density at radius 2 is 0.893 bits per heavy atom. The van der Waals surface area contributed by atoms with E-state index in [2.05, 4.69) is 214 Å². The molecule has 0 fully saturated rings. The summed E-state index contributed by atoms with van der Waals surface area (Å²) in [5, 5.41) is 10.1. The number of aromatic nitrogens is 2. The van der Waals surface area contributed by atoms with Crippen LogP contribution in [0.1, 0.15) is 0 Å². The van der Waals surface area contributed by atoms with Crippen molar-refractivity contribution < 1.29 is 0 Å². The van der Waals surface area contributed by atoms with Gasteiger partial charge in [0.05, 0.1) is 32.5 Å². The van der Waals surface area contributed by atoms with Gasteiger partial charge in [0.15, 0.2) is 0 Å². The van der Waals surface area contributed by atoms with Crippen LogP contribution in [-0.4, -0.2) is 9.13 Å². The topological polar surface area (TPSA) is 13.1 Å². The molecule has 0 atom stereocenters. The van der Waals surface area contributed by atoms with Crippen LogP contribution in [-0.2, 0) is 0 Å². The van der Waals surface area contributed by atoms with Crippen molar-refractivity contribution in [3.8, 4) is 11.4 Å². The molecule has 0 aliphatic heterocycles. The van der Waals surface area contributed by atoms with E-state index in [0.29, 0.717) is 0 Å². The number of benzene rings is 9. The number of anilines is 3. The molecular weight excluding hydrogens is 699 g/mol. The van der Waals surface area contributed by atoms with Gasteiger partial charge < -0.3 is 14.0 Å². The molecule has 0 saturated carbocycles. The van der Waals surface area contributed by atoms with E-state index in [-0.39, 0.29) is 0 Å².